The maximum absolute atomic E-state index is 12.5. The highest BCUT2D eigenvalue weighted by atomic mass is 31.2. The third-order valence-electron chi connectivity index (χ3n) is 11.6. The van der Waals surface area contributed by atoms with Crippen molar-refractivity contribution in [3.05, 3.63) is 0 Å². The Kier molecular flexibility index (Phi) is 44.8. The summed E-state index contributed by atoms with van der Waals surface area (Å²) in [4.78, 5) is 43.1. The van der Waals surface area contributed by atoms with Gasteiger partial charge in [-0.15, -0.1) is 0 Å². The standard InChI is InChI=1S/C49H97O8P/c1-3-5-7-9-11-13-15-17-19-21-23-24-26-27-29-31-33-35-37-39-41-43-48(50)55-45-47(46-56-58(52,53)54)57-49(51)44-42-40-38-36-34-32-30-28-25-22-20-18-16-14-12-10-8-6-4-2/h47H,3-46H2,1-2H3,(H2,52,53,54)/t47-/m1/s1. The van der Waals surface area contributed by atoms with Crippen molar-refractivity contribution in [2.75, 3.05) is 13.2 Å². The van der Waals surface area contributed by atoms with Crippen LogP contribution in [-0.4, -0.2) is 41.0 Å². The third-order valence-corrected chi connectivity index (χ3v) is 12.1. The van der Waals surface area contributed by atoms with Gasteiger partial charge in [0.05, 0.1) is 6.61 Å². The molecule has 9 heteroatoms. The van der Waals surface area contributed by atoms with Crippen LogP contribution >= 0.6 is 7.82 Å². The first-order valence-corrected chi connectivity index (χ1v) is 26.9. The summed E-state index contributed by atoms with van der Waals surface area (Å²) < 4.78 is 26.5. The Morgan fingerprint density at radius 3 is 0.879 bits per heavy atom. The number of esters is 2. The van der Waals surface area contributed by atoms with Gasteiger partial charge >= 0.3 is 19.8 Å². The average molecular weight is 845 g/mol. The van der Waals surface area contributed by atoms with Gasteiger partial charge in [-0.2, -0.15) is 0 Å². The number of carbonyl (C=O) groups is 2. The molecule has 0 heterocycles. The summed E-state index contributed by atoms with van der Waals surface area (Å²) >= 11 is 0. The van der Waals surface area contributed by atoms with Gasteiger partial charge in [0, 0.05) is 12.8 Å². The highest BCUT2D eigenvalue weighted by Gasteiger charge is 2.23. The molecule has 0 amide bonds. The largest absolute Gasteiger partial charge is 0.469 e. The molecule has 58 heavy (non-hydrogen) atoms. The minimum Gasteiger partial charge on any atom is -0.462 e. The fraction of sp³-hybridized carbons (Fsp3) is 0.959. The Balaban J connectivity index is 3.76. The van der Waals surface area contributed by atoms with E-state index < -0.39 is 32.5 Å². The predicted molar refractivity (Wildman–Crippen MR) is 244 cm³/mol. The molecule has 0 saturated carbocycles. The normalized spacial score (nSPS) is 12.3. The molecule has 0 fully saturated rings. The molecule has 0 aliphatic carbocycles. The van der Waals surface area contributed by atoms with Crippen molar-refractivity contribution in [2.24, 2.45) is 0 Å². The number of phosphoric acid groups is 1. The molecular formula is C49H97O8P. The summed E-state index contributed by atoms with van der Waals surface area (Å²) in [5, 5.41) is 0. The van der Waals surface area contributed by atoms with Gasteiger partial charge in [-0.1, -0.05) is 258 Å². The quantitative estimate of drug-likeness (QED) is 0.0353. The van der Waals surface area contributed by atoms with Gasteiger partial charge in [-0.05, 0) is 12.8 Å². The van der Waals surface area contributed by atoms with Crippen molar-refractivity contribution in [1.82, 2.24) is 0 Å². The molecule has 0 aromatic carbocycles. The summed E-state index contributed by atoms with van der Waals surface area (Å²) in [6.07, 6.45) is 51.2. The first-order valence-electron chi connectivity index (χ1n) is 25.3. The number of ether oxygens (including phenoxy) is 2. The molecule has 0 radical (unpaired) electrons. The third kappa shape index (κ3) is 47.7. The van der Waals surface area contributed by atoms with Gasteiger partial charge in [-0.25, -0.2) is 4.57 Å². The van der Waals surface area contributed by atoms with Crippen molar-refractivity contribution in [3.63, 3.8) is 0 Å². The smallest absolute Gasteiger partial charge is 0.462 e. The minimum atomic E-state index is -4.75. The molecule has 0 unspecified atom stereocenters. The lowest BCUT2D eigenvalue weighted by atomic mass is 10.0. The molecule has 2 N–H and O–H groups in total. The van der Waals surface area contributed by atoms with Crippen molar-refractivity contribution < 1.29 is 37.9 Å². The van der Waals surface area contributed by atoms with Crippen LogP contribution in [0.3, 0.4) is 0 Å². The van der Waals surface area contributed by atoms with Gasteiger partial charge in [0.15, 0.2) is 6.10 Å². The summed E-state index contributed by atoms with van der Waals surface area (Å²) in [6, 6.07) is 0. The lowest BCUT2D eigenvalue weighted by molar-refractivity contribution is -0.161. The molecule has 0 aliphatic heterocycles. The second kappa shape index (κ2) is 45.6. The van der Waals surface area contributed by atoms with Crippen LogP contribution in [0, 0.1) is 0 Å². The Labute approximate surface area is 359 Å². The van der Waals surface area contributed by atoms with Crippen molar-refractivity contribution in [3.8, 4) is 0 Å². The van der Waals surface area contributed by atoms with E-state index in [-0.39, 0.29) is 19.4 Å². The fourth-order valence-electron chi connectivity index (χ4n) is 7.85. The number of hydrogen-bond acceptors (Lipinski definition) is 6. The molecule has 0 rings (SSSR count). The summed E-state index contributed by atoms with van der Waals surface area (Å²) in [6.45, 7) is 3.75. The lowest BCUT2D eigenvalue weighted by Crippen LogP contribution is -2.29. The number of phosphoric ester groups is 1. The lowest BCUT2D eigenvalue weighted by Gasteiger charge is -2.18. The molecule has 0 aromatic rings. The van der Waals surface area contributed by atoms with E-state index >= 15 is 0 Å². The number of hydrogen-bond donors (Lipinski definition) is 2. The molecule has 0 saturated heterocycles. The Hall–Kier alpha value is -0.950. The zero-order valence-electron chi connectivity index (χ0n) is 38.5. The van der Waals surface area contributed by atoms with Gasteiger partial charge in [0.2, 0.25) is 0 Å². The maximum Gasteiger partial charge on any atom is 0.469 e. The molecule has 0 aliphatic rings. The van der Waals surface area contributed by atoms with E-state index in [2.05, 4.69) is 18.4 Å². The monoisotopic (exact) mass is 845 g/mol. The SMILES string of the molecule is CCCCCCCCCCCCCCCCCCCCCCCC(=O)OC[C@H](COP(=O)(O)O)OC(=O)CCCCCCCCCCCCCCCCCCCCC. The first-order chi connectivity index (χ1) is 28.3. The van der Waals surface area contributed by atoms with E-state index in [0.717, 1.165) is 32.1 Å². The Morgan fingerprint density at radius 2 is 0.621 bits per heavy atom. The molecule has 1 atom stereocenters. The molecule has 8 nitrogen and oxygen atoms in total. The highest BCUT2D eigenvalue weighted by Crippen LogP contribution is 2.36. The Morgan fingerprint density at radius 1 is 0.379 bits per heavy atom. The van der Waals surface area contributed by atoms with Crippen LogP contribution < -0.4 is 0 Å². The fourth-order valence-corrected chi connectivity index (χ4v) is 8.21. The van der Waals surface area contributed by atoms with E-state index in [1.54, 1.807) is 0 Å². The number of rotatable bonds is 48. The number of unbranched alkanes of at least 4 members (excludes halogenated alkanes) is 38. The topological polar surface area (TPSA) is 119 Å². The van der Waals surface area contributed by atoms with E-state index in [1.807, 2.05) is 0 Å². The number of carbonyl (C=O) groups excluding carboxylic acids is 2. The average Bonchev–Trinajstić information content (AvgIpc) is 3.20. The Bertz CT molecular complexity index is 909. The van der Waals surface area contributed by atoms with Crippen molar-refractivity contribution in [2.45, 2.75) is 290 Å². The molecule has 0 bridgehead atoms. The van der Waals surface area contributed by atoms with Gasteiger partial charge in [0.1, 0.15) is 6.61 Å². The second-order valence-electron chi connectivity index (χ2n) is 17.5. The van der Waals surface area contributed by atoms with Gasteiger partial charge in [0.25, 0.3) is 0 Å². The molecular weight excluding hydrogens is 748 g/mol. The highest BCUT2D eigenvalue weighted by molar-refractivity contribution is 7.46. The van der Waals surface area contributed by atoms with Crippen LogP contribution in [0.25, 0.3) is 0 Å². The van der Waals surface area contributed by atoms with Crippen molar-refractivity contribution in [1.29, 1.82) is 0 Å². The maximum atomic E-state index is 12.5. The molecule has 346 valence electrons. The van der Waals surface area contributed by atoms with Crippen LogP contribution in [0.4, 0.5) is 0 Å². The zero-order valence-corrected chi connectivity index (χ0v) is 39.4. The van der Waals surface area contributed by atoms with Crippen LogP contribution in [0.1, 0.15) is 284 Å². The van der Waals surface area contributed by atoms with Crippen molar-refractivity contribution >= 4 is 19.8 Å². The van der Waals surface area contributed by atoms with Gasteiger partial charge in [-0.3, -0.25) is 14.1 Å². The van der Waals surface area contributed by atoms with Gasteiger partial charge < -0.3 is 19.3 Å². The first kappa shape index (κ1) is 57.1. The van der Waals surface area contributed by atoms with E-state index in [1.165, 1.54) is 218 Å². The molecule has 0 spiro atoms. The predicted octanol–water partition coefficient (Wildman–Crippen LogP) is 16.0. The van der Waals surface area contributed by atoms with Crippen LogP contribution in [0.5, 0.6) is 0 Å². The van der Waals surface area contributed by atoms with Crippen LogP contribution in [0.15, 0.2) is 0 Å². The van der Waals surface area contributed by atoms with E-state index in [9.17, 15) is 14.2 Å². The van der Waals surface area contributed by atoms with Crippen LogP contribution in [-0.2, 0) is 28.2 Å². The zero-order chi connectivity index (χ0) is 42.5. The van der Waals surface area contributed by atoms with E-state index in [0.29, 0.717) is 6.42 Å². The molecule has 0 aromatic heterocycles. The summed E-state index contributed by atoms with van der Waals surface area (Å²) in [7, 11) is -4.75. The summed E-state index contributed by atoms with van der Waals surface area (Å²) in [5.41, 5.74) is 0. The minimum absolute atomic E-state index is 0.221. The second-order valence-corrected chi connectivity index (χ2v) is 18.8. The van der Waals surface area contributed by atoms with E-state index in [4.69, 9.17) is 19.3 Å². The van der Waals surface area contributed by atoms with Crippen LogP contribution in [0.2, 0.25) is 0 Å². The summed E-state index contributed by atoms with van der Waals surface area (Å²) in [5.74, 6) is -0.861.